The molecule has 1 aliphatic heterocycles. The number of nitro groups is 1. The first-order valence-electron chi connectivity index (χ1n) is 8.36. The van der Waals surface area contributed by atoms with E-state index in [0.29, 0.717) is 16.4 Å². The number of ether oxygens (including phenoxy) is 1. The average Bonchev–Trinajstić information content (AvgIpc) is 2.97. The third kappa shape index (κ3) is 4.10. The first-order chi connectivity index (χ1) is 14.2. The van der Waals surface area contributed by atoms with Crippen LogP contribution < -0.4 is 4.74 Å². The van der Waals surface area contributed by atoms with Crippen LogP contribution in [0.3, 0.4) is 0 Å². The Balaban J connectivity index is 1.94. The van der Waals surface area contributed by atoms with Gasteiger partial charge in [-0.2, -0.15) is 0 Å². The predicted octanol–water partition coefficient (Wildman–Crippen LogP) is 3.24. The van der Waals surface area contributed by atoms with Crippen LogP contribution in [0, 0.1) is 10.1 Å². The van der Waals surface area contributed by atoms with Crippen molar-refractivity contribution in [2.24, 2.45) is 4.99 Å². The highest BCUT2D eigenvalue weighted by Gasteiger charge is 2.31. The van der Waals surface area contributed by atoms with Crippen molar-refractivity contribution in [3.05, 3.63) is 62.5 Å². The number of methoxy groups -OCH3 is 1. The van der Waals surface area contributed by atoms with Gasteiger partial charge in [-0.1, -0.05) is 0 Å². The molecule has 30 heavy (non-hydrogen) atoms. The molecular weight excluding hydrogens is 414 g/mol. The van der Waals surface area contributed by atoms with Gasteiger partial charge in [0.15, 0.2) is 10.9 Å². The molecule has 2 aromatic carbocycles. The van der Waals surface area contributed by atoms with E-state index in [1.54, 1.807) is 0 Å². The molecule has 2 aromatic rings. The highest BCUT2D eigenvalue weighted by molar-refractivity contribution is 8.18. The van der Waals surface area contributed by atoms with Gasteiger partial charge < -0.3 is 14.9 Å². The number of phenols is 1. The number of aliphatic imine (C=N–C) groups is 1. The van der Waals surface area contributed by atoms with Gasteiger partial charge in [-0.25, -0.2) is 9.79 Å². The van der Waals surface area contributed by atoms with Gasteiger partial charge in [0.2, 0.25) is 5.75 Å². The summed E-state index contributed by atoms with van der Waals surface area (Å²) in [5.41, 5.74) is 0.335. The number of amides is 1. The third-order valence-electron chi connectivity index (χ3n) is 4.13. The second-order valence-electron chi connectivity index (χ2n) is 6.07. The fourth-order valence-electron chi connectivity index (χ4n) is 2.58. The van der Waals surface area contributed by atoms with Crippen LogP contribution >= 0.6 is 11.8 Å². The van der Waals surface area contributed by atoms with Crippen LogP contribution in [0.4, 0.5) is 11.4 Å². The number of aromatic hydroxyl groups is 1. The molecule has 11 heteroatoms. The number of nitrogens with zero attached hydrogens (tertiary/aromatic N) is 3. The van der Waals surface area contributed by atoms with E-state index in [-0.39, 0.29) is 22.1 Å². The summed E-state index contributed by atoms with van der Waals surface area (Å²) in [6, 6.07) is 8.36. The Morgan fingerprint density at radius 3 is 2.53 bits per heavy atom. The van der Waals surface area contributed by atoms with Gasteiger partial charge in [0.1, 0.15) is 0 Å². The highest BCUT2D eigenvalue weighted by atomic mass is 32.2. The predicted molar refractivity (Wildman–Crippen MR) is 110 cm³/mol. The van der Waals surface area contributed by atoms with Crippen molar-refractivity contribution in [2.75, 3.05) is 14.2 Å². The Labute approximate surface area is 174 Å². The largest absolute Gasteiger partial charge is 0.500 e. The van der Waals surface area contributed by atoms with Crippen molar-refractivity contribution in [1.29, 1.82) is 0 Å². The second kappa shape index (κ2) is 8.25. The Morgan fingerprint density at radius 2 is 1.97 bits per heavy atom. The summed E-state index contributed by atoms with van der Waals surface area (Å²) >= 11 is 1.06. The number of carbonyl (C=O) groups is 2. The van der Waals surface area contributed by atoms with Gasteiger partial charge in [0, 0.05) is 13.1 Å². The van der Waals surface area contributed by atoms with Crippen molar-refractivity contribution >= 4 is 46.3 Å². The molecule has 1 heterocycles. The summed E-state index contributed by atoms with van der Waals surface area (Å²) < 4.78 is 4.96. The number of amidine groups is 1. The number of carboxylic acids is 1. The zero-order valence-electron chi connectivity index (χ0n) is 15.7. The van der Waals surface area contributed by atoms with Crippen molar-refractivity contribution < 1.29 is 29.5 Å². The smallest absolute Gasteiger partial charge is 0.335 e. The molecule has 0 aromatic heterocycles. The molecule has 1 fully saturated rings. The van der Waals surface area contributed by atoms with Crippen LogP contribution in [0.15, 0.2) is 46.3 Å². The van der Waals surface area contributed by atoms with Crippen molar-refractivity contribution in [2.45, 2.75) is 0 Å². The molecule has 0 atom stereocenters. The lowest BCUT2D eigenvalue weighted by Gasteiger charge is -2.07. The summed E-state index contributed by atoms with van der Waals surface area (Å²) in [5.74, 6) is -2.11. The molecular formula is C19H15N3O7S. The minimum atomic E-state index is -1.06. The monoisotopic (exact) mass is 429 g/mol. The zero-order valence-corrected chi connectivity index (χ0v) is 16.5. The van der Waals surface area contributed by atoms with Crippen LogP contribution in [-0.4, -0.2) is 51.2 Å². The Hall–Kier alpha value is -3.86. The SMILES string of the molecule is COc1cc(/C=C2\SC(=Nc3ccc(C(=O)O)cc3)N(C)C2=O)cc([N+](=O)[O-])c1O. The Kier molecular flexibility index (Phi) is 5.74. The van der Waals surface area contributed by atoms with Crippen LogP contribution in [0.25, 0.3) is 6.08 Å². The molecule has 0 unspecified atom stereocenters. The number of carboxylic acid groups (broad SMARTS) is 1. The zero-order chi connectivity index (χ0) is 22.0. The number of hydrogen-bond acceptors (Lipinski definition) is 8. The van der Waals surface area contributed by atoms with E-state index in [2.05, 4.69) is 4.99 Å². The summed E-state index contributed by atoms with van der Waals surface area (Å²) in [7, 11) is 2.79. The Bertz CT molecular complexity index is 1110. The van der Waals surface area contributed by atoms with Crippen LogP contribution in [0.2, 0.25) is 0 Å². The summed E-state index contributed by atoms with van der Waals surface area (Å²) in [6.45, 7) is 0. The average molecular weight is 429 g/mol. The minimum absolute atomic E-state index is 0.0905. The molecule has 3 rings (SSSR count). The maximum atomic E-state index is 12.6. The number of hydrogen-bond donors (Lipinski definition) is 2. The third-order valence-corrected chi connectivity index (χ3v) is 5.19. The van der Waals surface area contributed by atoms with E-state index >= 15 is 0 Å². The van der Waals surface area contributed by atoms with E-state index in [0.717, 1.165) is 17.8 Å². The first kappa shape index (κ1) is 20.9. The fraction of sp³-hybridized carbons (Fsp3) is 0.105. The normalized spacial score (nSPS) is 16.3. The van der Waals surface area contributed by atoms with Crippen molar-refractivity contribution in [3.8, 4) is 11.5 Å². The maximum absolute atomic E-state index is 12.6. The first-order valence-corrected chi connectivity index (χ1v) is 9.18. The lowest BCUT2D eigenvalue weighted by atomic mass is 10.1. The number of rotatable bonds is 5. The van der Waals surface area contributed by atoms with Crippen LogP contribution in [-0.2, 0) is 4.79 Å². The van der Waals surface area contributed by atoms with E-state index in [1.807, 2.05) is 0 Å². The van der Waals surface area contributed by atoms with Crippen LogP contribution in [0.1, 0.15) is 15.9 Å². The number of phenolic OH excluding ortho intramolecular Hbond substituents is 1. The topological polar surface area (TPSA) is 143 Å². The number of nitro benzene ring substituents is 1. The lowest BCUT2D eigenvalue weighted by Crippen LogP contribution is -2.23. The summed E-state index contributed by atoms with van der Waals surface area (Å²) in [6.07, 6.45) is 1.44. The van der Waals surface area contributed by atoms with Gasteiger partial charge in [-0.3, -0.25) is 19.8 Å². The fourth-order valence-corrected chi connectivity index (χ4v) is 3.57. The van der Waals surface area contributed by atoms with Gasteiger partial charge in [0.25, 0.3) is 5.91 Å². The molecule has 1 aliphatic rings. The molecule has 0 saturated carbocycles. The van der Waals surface area contributed by atoms with E-state index in [4.69, 9.17) is 9.84 Å². The van der Waals surface area contributed by atoms with E-state index in [9.17, 15) is 24.8 Å². The molecule has 10 nitrogen and oxygen atoms in total. The summed E-state index contributed by atoms with van der Waals surface area (Å²) in [5, 5.41) is 30.3. The van der Waals surface area contributed by atoms with Crippen molar-refractivity contribution in [1.82, 2.24) is 4.90 Å². The molecule has 0 spiro atoms. The number of aromatic carboxylic acids is 1. The standard InChI is InChI=1S/C19H15N3O7S/c1-21-17(24)15(9-10-7-13(22(27)28)16(23)14(8-10)29-2)30-19(21)20-12-5-3-11(4-6-12)18(25)26/h3-9,23H,1-2H3,(H,25,26)/b15-9-,20-19?. The molecule has 0 bridgehead atoms. The number of carbonyl (C=O) groups excluding carboxylic acids is 1. The second-order valence-corrected chi connectivity index (χ2v) is 7.08. The number of thioether (sulfide) groups is 1. The van der Waals surface area contributed by atoms with Crippen molar-refractivity contribution in [3.63, 3.8) is 0 Å². The van der Waals surface area contributed by atoms with Gasteiger partial charge >= 0.3 is 11.7 Å². The molecule has 1 saturated heterocycles. The van der Waals surface area contributed by atoms with Gasteiger partial charge in [0.05, 0.1) is 28.2 Å². The van der Waals surface area contributed by atoms with Gasteiger partial charge in [-0.15, -0.1) is 0 Å². The Morgan fingerprint density at radius 1 is 1.30 bits per heavy atom. The minimum Gasteiger partial charge on any atom is -0.500 e. The number of likely N-dealkylation sites (N-methyl/N-ethyl adjacent to an activating group) is 1. The number of benzene rings is 2. The van der Waals surface area contributed by atoms with Crippen LogP contribution in [0.5, 0.6) is 11.5 Å². The summed E-state index contributed by atoms with van der Waals surface area (Å²) in [4.78, 5) is 39.8. The molecule has 154 valence electrons. The molecule has 0 aliphatic carbocycles. The molecule has 2 N–H and O–H groups in total. The molecule has 1 amide bonds. The van der Waals surface area contributed by atoms with E-state index < -0.39 is 22.3 Å². The highest BCUT2D eigenvalue weighted by Crippen LogP contribution is 2.39. The quantitative estimate of drug-likeness (QED) is 0.419. The van der Waals surface area contributed by atoms with E-state index in [1.165, 1.54) is 55.5 Å². The molecule has 0 radical (unpaired) electrons. The lowest BCUT2D eigenvalue weighted by molar-refractivity contribution is -0.386. The van der Waals surface area contributed by atoms with Gasteiger partial charge in [-0.05, 0) is 53.7 Å². The maximum Gasteiger partial charge on any atom is 0.335 e.